The Morgan fingerprint density at radius 2 is 1.74 bits per heavy atom. The highest BCUT2D eigenvalue weighted by atomic mass is 16.5. The van der Waals surface area contributed by atoms with Crippen molar-refractivity contribution in [1.82, 2.24) is 5.43 Å². The molecule has 2 aromatic rings. The van der Waals surface area contributed by atoms with Crippen LogP contribution in [0.25, 0.3) is 0 Å². The fraction of sp³-hybridized carbons (Fsp3) is 0.333. The van der Waals surface area contributed by atoms with Crippen molar-refractivity contribution in [1.29, 1.82) is 0 Å². The highest BCUT2D eigenvalue weighted by Gasteiger charge is 2.08. The van der Waals surface area contributed by atoms with Gasteiger partial charge in [0.15, 0.2) is 11.5 Å². The Bertz CT molecular complexity index is 770. The van der Waals surface area contributed by atoms with Crippen LogP contribution in [0.3, 0.4) is 0 Å². The van der Waals surface area contributed by atoms with Crippen LogP contribution < -0.4 is 19.6 Å². The summed E-state index contributed by atoms with van der Waals surface area (Å²) in [6.45, 7) is 8.86. The molecule has 0 bridgehead atoms. The first-order valence-corrected chi connectivity index (χ1v) is 9.03. The number of rotatable bonds is 9. The molecule has 0 unspecified atom stereocenters. The van der Waals surface area contributed by atoms with E-state index in [1.165, 1.54) is 0 Å². The summed E-state index contributed by atoms with van der Waals surface area (Å²) < 4.78 is 16.7. The van der Waals surface area contributed by atoms with Crippen molar-refractivity contribution in [2.24, 2.45) is 5.10 Å². The van der Waals surface area contributed by atoms with Gasteiger partial charge in [-0.15, -0.1) is 0 Å². The molecule has 0 aliphatic rings. The Hall–Kier alpha value is -3.02. The van der Waals surface area contributed by atoms with Gasteiger partial charge in [0.05, 0.1) is 25.5 Å². The minimum Gasteiger partial charge on any atom is -0.494 e. The molecule has 0 saturated carbocycles. The van der Waals surface area contributed by atoms with Gasteiger partial charge in [-0.3, -0.25) is 4.79 Å². The van der Waals surface area contributed by atoms with Crippen molar-refractivity contribution in [2.45, 2.75) is 33.8 Å². The highest BCUT2D eigenvalue weighted by molar-refractivity contribution is 5.95. The van der Waals surface area contributed by atoms with Crippen LogP contribution in [0.15, 0.2) is 47.6 Å². The first kappa shape index (κ1) is 20.3. The summed E-state index contributed by atoms with van der Waals surface area (Å²) in [5.41, 5.74) is 3.81. The van der Waals surface area contributed by atoms with Crippen molar-refractivity contribution in [3.63, 3.8) is 0 Å². The number of hydrogen-bond acceptors (Lipinski definition) is 5. The summed E-state index contributed by atoms with van der Waals surface area (Å²) in [5, 5.41) is 4.02. The molecule has 6 heteroatoms. The van der Waals surface area contributed by atoms with Crippen molar-refractivity contribution in [2.75, 3.05) is 13.2 Å². The van der Waals surface area contributed by atoms with E-state index in [-0.39, 0.29) is 12.0 Å². The average molecular weight is 370 g/mol. The van der Waals surface area contributed by atoms with Crippen LogP contribution in [-0.4, -0.2) is 31.4 Å². The molecule has 2 rings (SSSR count). The van der Waals surface area contributed by atoms with Gasteiger partial charge in [-0.1, -0.05) is 0 Å². The number of ether oxygens (including phenoxy) is 3. The number of benzene rings is 2. The van der Waals surface area contributed by atoms with Crippen LogP contribution in [-0.2, 0) is 0 Å². The highest BCUT2D eigenvalue weighted by Crippen LogP contribution is 2.28. The molecule has 0 fully saturated rings. The van der Waals surface area contributed by atoms with E-state index in [9.17, 15) is 4.79 Å². The van der Waals surface area contributed by atoms with Gasteiger partial charge >= 0.3 is 0 Å². The summed E-state index contributed by atoms with van der Waals surface area (Å²) in [4.78, 5) is 12.1. The van der Waals surface area contributed by atoms with E-state index in [1.807, 2.05) is 45.9 Å². The quantitative estimate of drug-likeness (QED) is 0.534. The number of hydrazone groups is 1. The van der Waals surface area contributed by atoms with Gasteiger partial charge in [0.25, 0.3) is 5.91 Å². The molecule has 144 valence electrons. The second-order valence-corrected chi connectivity index (χ2v) is 5.96. The summed E-state index contributed by atoms with van der Waals surface area (Å²) in [5.74, 6) is 1.76. The number of amides is 1. The molecule has 0 heterocycles. The van der Waals surface area contributed by atoms with Gasteiger partial charge in [0, 0.05) is 5.56 Å². The summed E-state index contributed by atoms with van der Waals surface area (Å²) in [6.07, 6.45) is 1.62. The van der Waals surface area contributed by atoms with Gasteiger partial charge in [-0.2, -0.15) is 5.10 Å². The lowest BCUT2D eigenvalue weighted by atomic mass is 10.2. The Morgan fingerprint density at radius 3 is 2.37 bits per heavy atom. The van der Waals surface area contributed by atoms with Gasteiger partial charge < -0.3 is 14.2 Å². The second-order valence-electron chi connectivity index (χ2n) is 5.96. The van der Waals surface area contributed by atoms with Crippen LogP contribution in [0.4, 0.5) is 0 Å². The topological polar surface area (TPSA) is 69.2 Å². The van der Waals surface area contributed by atoms with Crippen LogP contribution in [0.5, 0.6) is 17.2 Å². The number of carbonyl (C=O) groups is 1. The summed E-state index contributed by atoms with van der Waals surface area (Å²) >= 11 is 0. The SMILES string of the molecule is CCOc1ccc(C(=O)N/N=C/c2ccc(OC(C)C)c(OCC)c2)cc1. The normalized spacial score (nSPS) is 10.9. The zero-order chi connectivity index (χ0) is 19.6. The standard InChI is InChI=1S/C21H26N2O4/c1-5-25-18-10-8-17(9-11-18)21(24)23-22-14-16-7-12-19(27-15(3)4)20(13-16)26-6-2/h7-15H,5-6H2,1-4H3,(H,23,24)/b22-14+. The van der Waals surface area contributed by atoms with Crippen molar-refractivity contribution in [3.05, 3.63) is 53.6 Å². The molecule has 1 amide bonds. The zero-order valence-electron chi connectivity index (χ0n) is 16.2. The fourth-order valence-corrected chi connectivity index (χ4v) is 2.32. The maximum Gasteiger partial charge on any atom is 0.271 e. The molecular formula is C21H26N2O4. The predicted molar refractivity (Wildman–Crippen MR) is 106 cm³/mol. The minimum atomic E-state index is -0.293. The van der Waals surface area contributed by atoms with E-state index < -0.39 is 0 Å². The molecule has 0 aliphatic heterocycles. The van der Waals surface area contributed by atoms with E-state index in [4.69, 9.17) is 14.2 Å². The van der Waals surface area contributed by atoms with Crippen LogP contribution in [0.2, 0.25) is 0 Å². The number of carbonyl (C=O) groups excluding carboxylic acids is 1. The number of hydrogen-bond donors (Lipinski definition) is 1. The van der Waals surface area contributed by atoms with Crippen molar-refractivity contribution >= 4 is 12.1 Å². The van der Waals surface area contributed by atoms with E-state index in [0.717, 1.165) is 11.3 Å². The molecule has 1 N–H and O–H groups in total. The molecule has 2 aromatic carbocycles. The lowest BCUT2D eigenvalue weighted by Crippen LogP contribution is -2.17. The summed E-state index contributed by atoms with van der Waals surface area (Å²) in [7, 11) is 0. The Balaban J connectivity index is 2.02. The molecule has 0 saturated heterocycles. The second kappa shape index (κ2) is 10.2. The Labute approximate surface area is 160 Å². The third-order valence-corrected chi connectivity index (χ3v) is 3.44. The van der Waals surface area contributed by atoms with Crippen LogP contribution in [0.1, 0.15) is 43.6 Å². The molecule has 0 aliphatic carbocycles. The number of nitrogens with zero attached hydrogens (tertiary/aromatic N) is 1. The third kappa shape index (κ3) is 6.33. The lowest BCUT2D eigenvalue weighted by molar-refractivity contribution is 0.0955. The maximum atomic E-state index is 12.1. The van der Waals surface area contributed by atoms with Gasteiger partial charge in [0.1, 0.15) is 5.75 Å². The Kier molecular flexibility index (Phi) is 7.67. The Morgan fingerprint density at radius 1 is 1.04 bits per heavy atom. The van der Waals surface area contributed by atoms with Gasteiger partial charge in [-0.05, 0) is 75.7 Å². The van der Waals surface area contributed by atoms with E-state index >= 15 is 0 Å². The average Bonchev–Trinajstić information content (AvgIpc) is 2.64. The lowest BCUT2D eigenvalue weighted by Gasteiger charge is -2.14. The molecule has 0 radical (unpaired) electrons. The predicted octanol–water partition coefficient (Wildman–Crippen LogP) is 4.04. The van der Waals surface area contributed by atoms with Crippen molar-refractivity contribution in [3.8, 4) is 17.2 Å². The fourth-order valence-electron chi connectivity index (χ4n) is 2.32. The maximum absolute atomic E-state index is 12.1. The largest absolute Gasteiger partial charge is 0.494 e. The first-order chi connectivity index (χ1) is 13.0. The van der Waals surface area contributed by atoms with E-state index in [0.29, 0.717) is 30.3 Å². The monoisotopic (exact) mass is 370 g/mol. The molecule has 0 aromatic heterocycles. The van der Waals surface area contributed by atoms with Crippen LogP contribution in [0, 0.1) is 0 Å². The molecular weight excluding hydrogens is 344 g/mol. The molecule has 27 heavy (non-hydrogen) atoms. The van der Waals surface area contributed by atoms with Gasteiger partial charge in [-0.25, -0.2) is 5.43 Å². The minimum absolute atomic E-state index is 0.0529. The zero-order valence-corrected chi connectivity index (χ0v) is 16.2. The smallest absolute Gasteiger partial charge is 0.271 e. The number of nitrogens with one attached hydrogen (secondary N) is 1. The van der Waals surface area contributed by atoms with Crippen LogP contribution >= 0.6 is 0 Å². The van der Waals surface area contributed by atoms with E-state index in [1.54, 1.807) is 30.5 Å². The van der Waals surface area contributed by atoms with Crippen molar-refractivity contribution < 1.29 is 19.0 Å². The van der Waals surface area contributed by atoms with Gasteiger partial charge in [0.2, 0.25) is 0 Å². The molecule has 0 spiro atoms. The third-order valence-electron chi connectivity index (χ3n) is 3.44. The molecule has 6 nitrogen and oxygen atoms in total. The first-order valence-electron chi connectivity index (χ1n) is 9.03. The molecule has 0 atom stereocenters. The van der Waals surface area contributed by atoms with E-state index in [2.05, 4.69) is 10.5 Å². The summed E-state index contributed by atoms with van der Waals surface area (Å²) in [6, 6.07) is 12.4.